The zero-order valence-electron chi connectivity index (χ0n) is 10.1. The third-order valence-corrected chi connectivity index (χ3v) is 4.71. The van der Waals surface area contributed by atoms with Crippen LogP contribution in [0.4, 0.5) is 0 Å². The Morgan fingerprint density at radius 3 is 2.85 bits per heavy atom. The maximum Gasteiger partial charge on any atom is 0.274 e. The first-order valence-corrected chi connectivity index (χ1v) is 8.00. The van der Waals surface area contributed by atoms with Gasteiger partial charge in [-0.15, -0.1) is 0 Å². The molecule has 0 saturated carbocycles. The first-order chi connectivity index (χ1) is 9.56. The van der Waals surface area contributed by atoms with E-state index in [-0.39, 0.29) is 11.6 Å². The van der Waals surface area contributed by atoms with Gasteiger partial charge < -0.3 is 4.42 Å². The summed E-state index contributed by atoms with van der Waals surface area (Å²) in [5.41, 5.74) is 1.18. The minimum atomic E-state index is -3.70. The number of H-pyrrole nitrogens is 1. The molecule has 1 aromatic carbocycles. The predicted molar refractivity (Wildman–Crippen MR) is 76.5 cm³/mol. The van der Waals surface area contributed by atoms with E-state index in [2.05, 4.69) is 30.8 Å². The Balaban J connectivity index is 1.86. The molecule has 3 rings (SSSR count). The smallest absolute Gasteiger partial charge is 0.274 e. The lowest BCUT2D eigenvalue weighted by molar-refractivity contribution is 0.475. The topological polar surface area (TPSA) is 88.0 Å². The second kappa shape index (κ2) is 5.04. The van der Waals surface area contributed by atoms with Crippen molar-refractivity contribution >= 4 is 36.9 Å². The zero-order valence-corrected chi connectivity index (χ0v) is 12.5. The molecule has 0 unspecified atom stereocenters. The molecule has 2 aromatic heterocycles. The average molecular weight is 356 g/mol. The molecule has 0 amide bonds. The van der Waals surface area contributed by atoms with Crippen LogP contribution in [0.2, 0.25) is 0 Å². The van der Waals surface area contributed by atoms with E-state index in [4.69, 9.17) is 4.42 Å². The summed E-state index contributed by atoms with van der Waals surface area (Å²) < 4.78 is 32.8. The second-order valence-electron chi connectivity index (χ2n) is 4.12. The summed E-state index contributed by atoms with van der Waals surface area (Å²) in [6.45, 7) is 0.0972. The minimum absolute atomic E-state index is 0.0972. The summed E-state index contributed by atoms with van der Waals surface area (Å²) in [5.74, 6) is 0. The van der Waals surface area contributed by atoms with Crippen LogP contribution in [0.15, 0.2) is 50.5 Å². The van der Waals surface area contributed by atoms with Gasteiger partial charge in [0.25, 0.3) is 10.0 Å². The highest BCUT2D eigenvalue weighted by atomic mass is 79.9. The molecule has 20 heavy (non-hydrogen) atoms. The van der Waals surface area contributed by atoms with Crippen LogP contribution in [0.1, 0.15) is 5.69 Å². The Labute approximate surface area is 123 Å². The molecule has 0 aliphatic rings. The number of benzene rings is 1. The minimum Gasteiger partial charge on any atom is -0.443 e. The number of hydrogen-bond donors (Lipinski definition) is 2. The van der Waals surface area contributed by atoms with E-state index in [1.54, 1.807) is 24.4 Å². The lowest BCUT2D eigenvalue weighted by atomic mass is 10.3. The standard InChI is InChI=1S/C12H10BrN3O3S/c13-9-6-14-16-10(9)7-15-20(17,18)12-5-8-3-1-2-4-11(8)19-12/h1-6,15H,7H2,(H,14,16). The van der Waals surface area contributed by atoms with Crippen molar-refractivity contribution in [3.8, 4) is 0 Å². The number of aromatic nitrogens is 2. The van der Waals surface area contributed by atoms with Crippen LogP contribution in [0, 0.1) is 0 Å². The molecule has 0 fully saturated rings. The van der Waals surface area contributed by atoms with Gasteiger partial charge in [0.15, 0.2) is 0 Å². The fourth-order valence-electron chi connectivity index (χ4n) is 1.75. The SMILES string of the molecule is O=S(=O)(NCc1[nH]ncc1Br)c1cc2ccccc2o1. The van der Waals surface area contributed by atoms with Crippen LogP contribution in [-0.4, -0.2) is 18.6 Å². The van der Waals surface area contributed by atoms with Gasteiger partial charge in [-0.1, -0.05) is 18.2 Å². The van der Waals surface area contributed by atoms with Crippen LogP contribution in [-0.2, 0) is 16.6 Å². The van der Waals surface area contributed by atoms with Gasteiger partial charge in [0, 0.05) is 11.5 Å². The predicted octanol–water partition coefficient (Wildman–Crippen LogP) is 2.40. The molecule has 0 aliphatic carbocycles. The van der Waals surface area contributed by atoms with Crippen molar-refractivity contribution in [3.63, 3.8) is 0 Å². The van der Waals surface area contributed by atoms with Gasteiger partial charge in [0.05, 0.1) is 22.9 Å². The molecule has 0 bridgehead atoms. The number of nitrogens with one attached hydrogen (secondary N) is 2. The van der Waals surface area contributed by atoms with E-state index in [1.165, 1.54) is 6.07 Å². The summed E-state index contributed by atoms with van der Waals surface area (Å²) in [7, 11) is -3.70. The van der Waals surface area contributed by atoms with Crippen molar-refractivity contribution in [2.24, 2.45) is 0 Å². The molecule has 2 heterocycles. The van der Waals surface area contributed by atoms with Gasteiger partial charge in [0.1, 0.15) is 5.58 Å². The number of furan rings is 1. The summed E-state index contributed by atoms with van der Waals surface area (Å²) in [6, 6.07) is 8.63. The fourth-order valence-corrected chi connectivity index (χ4v) is 3.04. The van der Waals surface area contributed by atoms with Crippen LogP contribution in [0.25, 0.3) is 11.0 Å². The van der Waals surface area contributed by atoms with Crippen molar-refractivity contribution < 1.29 is 12.8 Å². The van der Waals surface area contributed by atoms with E-state index in [0.29, 0.717) is 15.7 Å². The molecule has 0 atom stereocenters. The zero-order chi connectivity index (χ0) is 14.2. The first kappa shape index (κ1) is 13.3. The molecule has 3 aromatic rings. The van der Waals surface area contributed by atoms with Crippen molar-refractivity contribution in [2.45, 2.75) is 11.6 Å². The van der Waals surface area contributed by atoms with Crippen LogP contribution < -0.4 is 4.72 Å². The third-order valence-electron chi connectivity index (χ3n) is 2.77. The first-order valence-electron chi connectivity index (χ1n) is 5.72. The number of fused-ring (bicyclic) bond motifs is 1. The Morgan fingerprint density at radius 2 is 2.15 bits per heavy atom. The molecule has 0 saturated heterocycles. The van der Waals surface area contributed by atoms with Gasteiger partial charge in [-0.25, -0.2) is 13.1 Å². The lowest BCUT2D eigenvalue weighted by Gasteiger charge is -2.02. The average Bonchev–Trinajstić information content (AvgIpc) is 3.02. The monoisotopic (exact) mass is 355 g/mol. The fraction of sp³-hybridized carbons (Fsp3) is 0.0833. The highest BCUT2D eigenvalue weighted by molar-refractivity contribution is 9.10. The van der Waals surface area contributed by atoms with E-state index < -0.39 is 10.0 Å². The molecule has 0 spiro atoms. The summed E-state index contributed by atoms with van der Waals surface area (Å²) in [5, 5.41) is 7.14. The van der Waals surface area contributed by atoms with E-state index in [1.807, 2.05) is 6.07 Å². The van der Waals surface area contributed by atoms with E-state index in [9.17, 15) is 8.42 Å². The van der Waals surface area contributed by atoms with Crippen LogP contribution in [0.3, 0.4) is 0 Å². The molecule has 104 valence electrons. The van der Waals surface area contributed by atoms with Gasteiger partial charge >= 0.3 is 0 Å². The molecule has 0 aliphatic heterocycles. The van der Waals surface area contributed by atoms with Gasteiger partial charge in [-0.05, 0) is 22.0 Å². The molecule has 8 heteroatoms. The maximum atomic E-state index is 12.2. The molecule has 2 N–H and O–H groups in total. The molecular formula is C12H10BrN3O3S. The quantitative estimate of drug-likeness (QED) is 0.751. The maximum absolute atomic E-state index is 12.2. The Kier molecular flexibility index (Phi) is 3.36. The van der Waals surface area contributed by atoms with Crippen molar-refractivity contribution in [2.75, 3.05) is 0 Å². The molecule has 0 radical (unpaired) electrons. The normalized spacial score (nSPS) is 12.1. The van der Waals surface area contributed by atoms with E-state index in [0.717, 1.165) is 5.39 Å². The van der Waals surface area contributed by atoms with Crippen LogP contribution >= 0.6 is 15.9 Å². The highest BCUT2D eigenvalue weighted by Crippen LogP contribution is 2.22. The summed E-state index contributed by atoms with van der Waals surface area (Å²) >= 11 is 3.27. The summed E-state index contributed by atoms with van der Waals surface area (Å²) in [6.07, 6.45) is 1.56. The number of sulfonamides is 1. The molecule has 6 nitrogen and oxygen atoms in total. The largest absolute Gasteiger partial charge is 0.443 e. The Hall–Kier alpha value is -1.64. The van der Waals surface area contributed by atoms with Crippen molar-refractivity contribution in [1.29, 1.82) is 0 Å². The highest BCUT2D eigenvalue weighted by Gasteiger charge is 2.19. The van der Waals surface area contributed by atoms with E-state index >= 15 is 0 Å². The number of aromatic amines is 1. The lowest BCUT2D eigenvalue weighted by Crippen LogP contribution is -2.23. The number of rotatable bonds is 4. The number of hydrogen-bond acceptors (Lipinski definition) is 4. The number of halogens is 1. The Bertz CT molecular complexity index is 821. The Morgan fingerprint density at radius 1 is 1.35 bits per heavy atom. The molecular weight excluding hydrogens is 346 g/mol. The van der Waals surface area contributed by atoms with Crippen molar-refractivity contribution in [3.05, 3.63) is 46.7 Å². The second-order valence-corrected chi connectivity index (χ2v) is 6.68. The van der Waals surface area contributed by atoms with Gasteiger partial charge in [-0.2, -0.15) is 5.10 Å². The number of para-hydroxylation sites is 1. The van der Waals surface area contributed by atoms with Gasteiger partial charge in [-0.3, -0.25) is 5.10 Å². The summed E-state index contributed by atoms with van der Waals surface area (Å²) in [4.78, 5) is 0. The van der Waals surface area contributed by atoms with Crippen molar-refractivity contribution in [1.82, 2.24) is 14.9 Å². The third kappa shape index (κ3) is 2.49. The van der Waals surface area contributed by atoms with Gasteiger partial charge in [0.2, 0.25) is 5.09 Å². The van der Waals surface area contributed by atoms with Crippen LogP contribution in [0.5, 0.6) is 0 Å². The number of nitrogens with zero attached hydrogens (tertiary/aromatic N) is 1.